The molecule has 0 aromatic carbocycles. The molecule has 0 aliphatic heterocycles. The molecule has 21 heavy (non-hydrogen) atoms. The van der Waals surface area contributed by atoms with Crippen molar-refractivity contribution in [3.05, 3.63) is 21.3 Å². The molecular formula is C15H19NO4S. The van der Waals surface area contributed by atoms with Gasteiger partial charge in [0.1, 0.15) is 4.83 Å². The maximum Gasteiger partial charge on any atom is 0.308 e. The van der Waals surface area contributed by atoms with E-state index in [0.29, 0.717) is 16.1 Å². The van der Waals surface area contributed by atoms with Gasteiger partial charge in [0.2, 0.25) is 5.75 Å². The van der Waals surface area contributed by atoms with Gasteiger partial charge in [-0.25, -0.2) is 0 Å². The molecule has 0 aliphatic rings. The first-order valence-electron chi connectivity index (χ1n) is 6.93. The molecule has 0 fully saturated rings. The molecule has 0 aliphatic carbocycles. The SMILES string of the molecule is CCC(CC)c1csc2c1c(O)c(OC(C)=O)c(=O)n2C. The minimum absolute atomic E-state index is 0.230. The molecule has 5 nitrogen and oxygen atoms in total. The van der Waals surface area contributed by atoms with Crippen molar-refractivity contribution in [2.75, 3.05) is 0 Å². The number of aromatic hydroxyl groups is 1. The molecule has 0 unspecified atom stereocenters. The topological polar surface area (TPSA) is 68.5 Å². The van der Waals surface area contributed by atoms with Gasteiger partial charge in [0.25, 0.3) is 5.56 Å². The van der Waals surface area contributed by atoms with E-state index >= 15 is 0 Å². The molecule has 2 rings (SSSR count). The highest BCUT2D eigenvalue weighted by Gasteiger charge is 2.23. The van der Waals surface area contributed by atoms with Crippen LogP contribution in [0.4, 0.5) is 0 Å². The largest absolute Gasteiger partial charge is 0.504 e. The van der Waals surface area contributed by atoms with Gasteiger partial charge in [-0.1, -0.05) is 13.8 Å². The van der Waals surface area contributed by atoms with Crippen LogP contribution in [0.3, 0.4) is 0 Å². The van der Waals surface area contributed by atoms with Crippen molar-refractivity contribution in [2.24, 2.45) is 7.05 Å². The Morgan fingerprint density at radius 1 is 1.43 bits per heavy atom. The minimum Gasteiger partial charge on any atom is -0.504 e. The Hall–Kier alpha value is -1.82. The lowest BCUT2D eigenvalue weighted by atomic mass is 9.94. The van der Waals surface area contributed by atoms with E-state index in [1.807, 2.05) is 5.38 Å². The minimum atomic E-state index is -0.624. The van der Waals surface area contributed by atoms with Crippen molar-refractivity contribution < 1.29 is 14.6 Å². The predicted octanol–water partition coefficient (Wildman–Crippen LogP) is 3.13. The number of carbonyl (C=O) groups excluding carboxylic acids is 1. The standard InChI is InChI=1S/C15H19NO4S/c1-5-9(6-2)10-7-21-15-11(10)12(18)13(20-8(3)17)14(19)16(15)4/h7,9,18H,5-6H2,1-4H3. The highest BCUT2D eigenvalue weighted by molar-refractivity contribution is 7.17. The number of pyridine rings is 1. The van der Waals surface area contributed by atoms with Crippen LogP contribution in [0.5, 0.6) is 11.5 Å². The van der Waals surface area contributed by atoms with E-state index in [-0.39, 0.29) is 11.5 Å². The van der Waals surface area contributed by atoms with Gasteiger partial charge in [-0.3, -0.25) is 14.2 Å². The fourth-order valence-electron chi connectivity index (χ4n) is 2.57. The number of ether oxygens (including phenoxy) is 1. The quantitative estimate of drug-likeness (QED) is 0.881. The molecule has 0 radical (unpaired) electrons. The molecule has 0 amide bonds. The fourth-order valence-corrected chi connectivity index (χ4v) is 3.69. The zero-order chi connectivity index (χ0) is 15.7. The van der Waals surface area contributed by atoms with E-state index in [1.54, 1.807) is 7.05 Å². The summed E-state index contributed by atoms with van der Waals surface area (Å²) in [5.74, 6) is -0.844. The third-order valence-corrected chi connectivity index (χ3v) is 4.80. The number of esters is 1. The number of carbonyl (C=O) groups is 1. The first-order chi connectivity index (χ1) is 9.92. The molecule has 0 bridgehead atoms. The third-order valence-electron chi connectivity index (χ3n) is 3.73. The zero-order valence-corrected chi connectivity index (χ0v) is 13.4. The smallest absolute Gasteiger partial charge is 0.308 e. The first kappa shape index (κ1) is 15.6. The Labute approximate surface area is 126 Å². The number of aromatic nitrogens is 1. The lowest BCUT2D eigenvalue weighted by molar-refractivity contribution is -0.132. The third kappa shape index (κ3) is 2.55. The van der Waals surface area contributed by atoms with Crippen LogP contribution < -0.4 is 10.3 Å². The number of hydrogen-bond acceptors (Lipinski definition) is 5. The second-order valence-corrected chi connectivity index (χ2v) is 5.88. The molecule has 0 spiro atoms. The Morgan fingerprint density at radius 2 is 2.05 bits per heavy atom. The first-order valence-corrected chi connectivity index (χ1v) is 7.81. The summed E-state index contributed by atoms with van der Waals surface area (Å²) in [6.45, 7) is 5.38. The number of aryl methyl sites for hydroxylation is 1. The second-order valence-electron chi connectivity index (χ2n) is 5.02. The monoisotopic (exact) mass is 309 g/mol. The molecule has 1 N–H and O–H groups in total. The van der Waals surface area contributed by atoms with Crippen LogP contribution in [0.25, 0.3) is 10.2 Å². The van der Waals surface area contributed by atoms with Gasteiger partial charge in [-0.05, 0) is 29.7 Å². The Morgan fingerprint density at radius 3 is 2.57 bits per heavy atom. The summed E-state index contributed by atoms with van der Waals surface area (Å²) in [5, 5.41) is 13.0. The van der Waals surface area contributed by atoms with E-state index in [1.165, 1.54) is 22.8 Å². The highest BCUT2D eigenvalue weighted by atomic mass is 32.1. The normalized spacial score (nSPS) is 11.3. The number of nitrogens with zero attached hydrogens (tertiary/aromatic N) is 1. The maximum absolute atomic E-state index is 12.2. The fraction of sp³-hybridized carbons (Fsp3) is 0.467. The number of thiophene rings is 1. The van der Waals surface area contributed by atoms with Crippen molar-refractivity contribution in [1.29, 1.82) is 0 Å². The molecule has 2 heterocycles. The molecule has 0 saturated carbocycles. The molecular weight excluding hydrogens is 290 g/mol. The molecule has 2 aromatic rings. The van der Waals surface area contributed by atoms with E-state index in [9.17, 15) is 14.7 Å². The summed E-state index contributed by atoms with van der Waals surface area (Å²) in [6.07, 6.45) is 1.88. The maximum atomic E-state index is 12.2. The van der Waals surface area contributed by atoms with Crippen LogP contribution >= 0.6 is 11.3 Å². The van der Waals surface area contributed by atoms with Crippen LogP contribution in [0.2, 0.25) is 0 Å². The van der Waals surface area contributed by atoms with Crippen molar-refractivity contribution in [2.45, 2.75) is 39.5 Å². The summed E-state index contributed by atoms with van der Waals surface area (Å²) >= 11 is 1.42. The van der Waals surface area contributed by atoms with Crippen molar-refractivity contribution in [3.63, 3.8) is 0 Å². The average Bonchev–Trinajstić information content (AvgIpc) is 2.87. The van der Waals surface area contributed by atoms with Crippen LogP contribution in [-0.4, -0.2) is 15.6 Å². The summed E-state index contributed by atoms with van der Waals surface area (Å²) in [6, 6.07) is 0. The van der Waals surface area contributed by atoms with Gasteiger partial charge in [-0.2, -0.15) is 0 Å². The number of hydrogen-bond donors (Lipinski definition) is 1. The van der Waals surface area contributed by atoms with Crippen LogP contribution in [0.1, 0.15) is 45.1 Å². The van der Waals surface area contributed by atoms with Gasteiger partial charge in [0.05, 0.1) is 5.39 Å². The molecule has 0 atom stereocenters. The van der Waals surface area contributed by atoms with E-state index in [0.717, 1.165) is 18.4 Å². The van der Waals surface area contributed by atoms with Crippen LogP contribution in [-0.2, 0) is 11.8 Å². The van der Waals surface area contributed by atoms with Gasteiger partial charge in [0.15, 0.2) is 5.75 Å². The number of fused-ring (bicyclic) bond motifs is 1. The summed E-state index contributed by atoms with van der Waals surface area (Å²) in [4.78, 5) is 24.0. The highest BCUT2D eigenvalue weighted by Crippen LogP contribution is 2.41. The van der Waals surface area contributed by atoms with Crippen molar-refractivity contribution in [1.82, 2.24) is 4.57 Å². The summed E-state index contributed by atoms with van der Waals surface area (Å²) < 4.78 is 6.34. The van der Waals surface area contributed by atoms with Gasteiger partial charge in [-0.15, -0.1) is 11.3 Å². The van der Waals surface area contributed by atoms with E-state index in [2.05, 4.69) is 13.8 Å². The lowest BCUT2D eigenvalue weighted by Crippen LogP contribution is -2.21. The average molecular weight is 309 g/mol. The van der Waals surface area contributed by atoms with E-state index < -0.39 is 11.5 Å². The van der Waals surface area contributed by atoms with Gasteiger partial charge >= 0.3 is 5.97 Å². The van der Waals surface area contributed by atoms with Gasteiger partial charge < -0.3 is 9.84 Å². The Bertz CT molecular complexity index is 740. The lowest BCUT2D eigenvalue weighted by Gasteiger charge is -2.14. The summed E-state index contributed by atoms with van der Waals surface area (Å²) in [5.41, 5.74) is 0.495. The number of rotatable bonds is 4. The summed E-state index contributed by atoms with van der Waals surface area (Å²) in [7, 11) is 1.62. The van der Waals surface area contributed by atoms with Crippen molar-refractivity contribution in [3.8, 4) is 11.5 Å². The zero-order valence-electron chi connectivity index (χ0n) is 12.6. The van der Waals surface area contributed by atoms with Gasteiger partial charge in [0, 0.05) is 14.0 Å². The van der Waals surface area contributed by atoms with E-state index in [4.69, 9.17) is 4.74 Å². The van der Waals surface area contributed by atoms with Crippen molar-refractivity contribution >= 4 is 27.5 Å². The van der Waals surface area contributed by atoms with Crippen LogP contribution in [0.15, 0.2) is 10.2 Å². The molecule has 6 heteroatoms. The Balaban J connectivity index is 2.81. The molecule has 114 valence electrons. The molecule has 0 saturated heterocycles. The van der Waals surface area contributed by atoms with Crippen LogP contribution in [0, 0.1) is 0 Å². The Kier molecular flexibility index (Phi) is 4.37. The second kappa shape index (κ2) is 5.89. The predicted molar refractivity (Wildman–Crippen MR) is 83.4 cm³/mol. The molecule has 2 aromatic heterocycles.